The molecule has 2 amide bonds. The molecular formula is C39H68N7O17P3S. The number of aliphatic hydroxyl groups is 2. The van der Waals surface area contributed by atoms with Crippen LogP contribution in [0.3, 0.4) is 0 Å². The fourth-order valence-electron chi connectivity index (χ4n) is 6.71. The number of rotatable bonds is 34. The number of phosphoric acid groups is 3. The van der Waals surface area contributed by atoms with Gasteiger partial charge in [0.15, 0.2) is 22.8 Å². The van der Waals surface area contributed by atoms with E-state index in [9.17, 15) is 57.9 Å². The molecule has 1 aliphatic rings. The predicted molar refractivity (Wildman–Crippen MR) is 247 cm³/mol. The number of thioether (sulfide) groups is 1. The fraction of sp³-hybridized carbons (Fsp3) is 0.744. The quantitative estimate of drug-likeness (QED) is 0.0260. The number of ether oxygens (including phenoxy) is 1. The van der Waals surface area contributed by atoms with Crippen molar-refractivity contribution in [2.24, 2.45) is 5.41 Å². The van der Waals surface area contributed by atoms with Gasteiger partial charge in [-0.05, 0) is 32.1 Å². The number of allylic oxidation sites excluding steroid dienone is 2. The number of unbranched alkanes of at least 4 members (excludes halogenated alkanes) is 11. The Morgan fingerprint density at radius 1 is 0.896 bits per heavy atom. The Morgan fingerprint density at radius 3 is 2.18 bits per heavy atom. The van der Waals surface area contributed by atoms with Crippen molar-refractivity contribution in [3.05, 3.63) is 24.8 Å². The van der Waals surface area contributed by atoms with Crippen molar-refractivity contribution in [3.63, 3.8) is 0 Å². The van der Waals surface area contributed by atoms with Crippen molar-refractivity contribution in [2.75, 3.05) is 37.8 Å². The second kappa shape index (κ2) is 28.8. The number of imidazole rings is 1. The molecule has 67 heavy (non-hydrogen) atoms. The lowest BCUT2D eigenvalue weighted by Crippen LogP contribution is -2.46. The number of aromatic nitrogens is 4. The number of nitrogen functional groups attached to an aromatic ring is 1. The number of fused-ring (bicyclic) bond motifs is 1. The number of carbonyl (C=O) groups excluding carboxylic acids is 3. The summed E-state index contributed by atoms with van der Waals surface area (Å²) < 4.78 is 62.4. The first-order chi connectivity index (χ1) is 31.6. The summed E-state index contributed by atoms with van der Waals surface area (Å²) in [5.41, 5.74) is 4.29. The van der Waals surface area contributed by atoms with E-state index in [1.165, 1.54) is 58.8 Å². The average molecular weight is 1030 g/mol. The van der Waals surface area contributed by atoms with Crippen LogP contribution >= 0.6 is 35.2 Å². The number of nitrogens with two attached hydrogens (primary N) is 1. The maximum Gasteiger partial charge on any atom is 0.481 e. The zero-order chi connectivity index (χ0) is 49.7. The van der Waals surface area contributed by atoms with Gasteiger partial charge in [-0.25, -0.2) is 28.6 Å². The van der Waals surface area contributed by atoms with Gasteiger partial charge >= 0.3 is 23.5 Å². The Balaban J connectivity index is 1.30. The molecule has 28 heteroatoms. The molecule has 2 aromatic rings. The van der Waals surface area contributed by atoms with E-state index in [0.29, 0.717) is 12.2 Å². The van der Waals surface area contributed by atoms with E-state index in [4.69, 9.17) is 19.5 Å². The molecule has 1 aliphatic heterocycles. The van der Waals surface area contributed by atoms with Gasteiger partial charge in [0.2, 0.25) is 11.8 Å². The zero-order valence-corrected chi connectivity index (χ0v) is 41.6. The van der Waals surface area contributed by atoms with Gasteiger partial charge in [-0.2, -0.15) is 4.31 Å². The number of hydrogen-bond acceptors (Lipinski definition) is 18. The second-order valence-corrected chi connectivity index (χ2v) is 22.0. The van der Waals surface area contributed by atoms with E-state index in [2.05, 4.69) is 53.5 Å². The van der Waals surface area contributed by atoms with Gasteiger partial charge in [0, 0.05) is 37.1 Å². The number of carbonyl (C=O) groups is 3. The SMILES string of the molecule is CCCCCCCCC/C=C\CCCCCCC(=O)SCCNC(=O)CCNC(=O)[C@H](O)C(C)(C)COP(=O)(O)OP(=O)(O)OC[C@H]1O[C@@H](n2cnc3c(N)ncnc32)[C@H](O)[C@@H]1OP(=O)(O)O. The van der Waals surface area contributed by atoms with Crippen LogP contribution in [0.1, 0.15) is 123 Å². The molecule has 0 aromatic carbocycles. The molecule has 0 saturated carbocycles. The van der Waals surface area contributed by atoms with E-state index in [0.717, 1.165) is 67.5 Å². The lowest BCUT2D eigenvalue weighted by Gasteiger charge is -2.30. The molecule has 0 spiro atoms. The van der Waals surface area contributed by atoms with Gasteiger partial charge < -0.3 is 50.9 Å². The molecule has 3 rings (SSSR count). The molecule has 382 valence electrons. The van der Waals surface area contributed by atoms with Crippen LogP contribution in [0, 0.1) is 5.41 Å². The van der Waals surface area contributed by atoms with Crippen LogP contribution in [-0.2, 0) is 50.7 Å². The van der Waals surface area contributed by atoms with Gasteiger partial charge in [-0.1, -0.05) is 96.1 Å². The molecule has 1 fully saturated rings. The minimum absolute atomic E-state index is 0.0330. The van der Waals surface area contributed by atoms with Crippen molar-refractivity contribution in [3.8, 4) is 0 Å². The van der Waals surface area contributed by atoms with Crippen LogP contribution in [-0.4, -0.2) is 123 Å². The summed E-state index contributed by atoms with van der Waals surface area (Å²) in [5.74, 6) is -1.03. The van der Waals surface area contributed by atoms with E-state index >= 15 is 0 Å². The molecule has 2 unspecified atom stereocenters. The van der Waals surface area contributed by atoms with Gasteiger partial charge in [0.05, 0.1) is 19.5 Å². The normalized spacial score (nSPS) is 20.2. The molecule has 7 atom stereocenters. The van der Waals surface area contributed by atoms with Gasteiger partial charge in [-0.15, -0.1) is 0 Å². The zero-order valence-electron chi connectivity index (χ0n) is 38.1. The van der Waals surface area contributed by atoms with Crippen molar-refractivity contribution in [1.29, 1.82) is 0 Å². The molecule has 0 radical (unpaired) electrons. The number of amides is 2. The van der Waals surface area contributed by atoms with E-state index in [-0.39, 0.29) is 41.6 Å². The van der Waals surface area contributed by atoms with Crippen LogP contribution < -0.4 is 16.4 Å². The Bertz CT molecular complexity index is 2040. The van der Waals surface area contributed by atoms with Crippen molar-refractivity contribution in [1.82, 2.24) is 30.2 Å². The van der Waals surface area contributed by atoms with Crippen molar-refractivity contribution in [2.45, 2.75) is 148 Å². The molecule has 3 heterocycles. The highest BCUT2D eigenvalue weighted by Gasteiger charge is 2.50. The lowest BCUT2D eigenvalue weighted by molar-refractivity contribution is -0.137. The van der Waals surface area contributed by atoms with Crippen molar-refractivity contribution >= 4 is 69.1 Å². The number of phosphoric ester groups is 3. The molecule has 2 aromatic heterocycles. The first-order valence-corrected chi connectivity index (χ1v) is 27.8. The molecule has 0 aliphatic carbocycles. The highest BCUT2D eigenvalue weighted by atomic mass is 32.2. The fourth-order valence-corrected chi connectivity index (χ4v) is 10.3. The highest BCUT2D eigenvalue weighted by molar-refractivity contribution is 8.13. The number of aliphatic hydroxyl groups excluding tert-OH is 2. The molecule has 10 N–H and O–H groups in total. The molecular weight excluding hydrogens is 963 g/mol. The van der Waals surface area contributed by atoms with Crippen molar-refractivity contribution < 1.29 is 80.5 Å². The van der Waals surface area contributed by atoms with Crippen LogP contribution in [0.2, 0.25) is 0 Å². The third-order valence-corrected chi connectivity index (χ3v) is 14.4. The first kappa shape index (κ1) is 58.6. The highest BCUT2D eigenvalue weighted by Crippen LogP contribution is 2.61. The van der Waals surface area contributed by atoms with E-state index < -0.39 is 84.6 Å². The second-order valence-electron chi connectivity index (χ2n) is 16.6. The van der Waals surface area contributed by atoms with Gasteiger partial charge in [0.25, 0.3) is 0 Å². The van der Waals surface area contributed by atoms with E-state index in [1.54, 1.807) is 0 Å². The summed E-state index contributed by atoms with van der Waals surface area (Å²) in [7, 11) is -16.4. The Morgan fingerprint density at radius 2 is 1.52 bits per heavy atom. The first-order valence-electron chi connectivity index (χ1n) is 22.3. The van der Waals surface area contributed by atoms with Gasteiger partial charge in [-0.3, -0.25) is 32.5 Å². The van der Waals surface area contributed by atoms with Crippen LogP contribution in [0.15, 0.2) is 24.8 Å². The maximum atomic E-state index is 12.7. The summed E-state index contributed by atoms with van der Waals surface area (Å²) >= 11 is 1.15. The average Bonchev–Trinajstić information content (AvgIpc) is 3.81. The molecule has 1 saturated heterocycles. The largest absolute Gasteiger partial charge is 0.481 e. The standard InChI is InChI=1S/C39H68N7O17P3S/c1-4-5-6-7-8-9-10-11-12-13-14-15-16-17-18-19-30(48)67-23-22-41-29(47)20-21-42-37(51)34(50)39(2,3)25-60-66(57,58)63-65(55,56)59-24-28-33(62-64(52,53)54)32(49)38(61-28)46-27-45-31-35(40)43-26-44-36(31)46/h12-13,26-28,32-34,38,49-50H,4-11,14-25H2,1-3H3,(H,41,47)(H,42,51)(H,55,56)(H,57,58)(H2,40,43,44)(H2,52,53,54)/b13-12-/t28-,32-,33-,34+,38-/m1/s1. The number of hydrogen-bond donors (Lipinski definition) is 9. The summed E-state index contributed by atoms with van der Waals surface area (Å²) in [6, 6.07) is 0. The monoisotopic (exact) mass is 1030 g/mol. The Hall–Kier alpha value is -2.70. The summed E-state index contributed by atoms with van der Waals surface area (Å²) in [4.78, 5) is 88.3. The smallest absolute Gasteiger partial charge is 0.386 e. The maximum absolute atomic E-state index is 12.7. The van der Waals surface area contributed by atoms with Crippen LogP contribution in [0.4, 0.5) is 5.82 Å². The van der Waals surface area contributed by atoms with Gasteiger partial charge in [0.1, 0.15) is 36.3 Å². The Kier molecular flexibility index (Phi) is 25.2. The minimum atomic E-state index is -5.58. The summed E-state index contributed by atoms with van der Waals surface area (Å²) in [5, 5.41) is 26.6. The van der Waals surface area contributed by atoms with E-state index in [1.807, 2.05) is 0 Å². The van der Waals surface area contributed by atoms with Crippen LogP contribution in [0.5, 0.6) is 0 Å². The third-order valence-electron chi connectivity index (χ3n) is 10.4. The minimum Gasteiger partial charge on any atom is -0.386 e. The third kappa shape index (κ3) is 21.9. The Labute approximate surface area is 394 Å². The number of nitrogens with one attached hydrogen (secondary N) is 2. The topological polar surface area (TPSA) is 364 Å². The molecule has 24 nitrogen and oxygen atoms in total. The molecule has 0 bridgehead atoms. The van der Waals surface area contributed by atoms with Crippen LogP contribution in [0.25, 0.3) is 11.2 Å². The predicted octanol–water partition coefficient (Wildman–Crippen LogP) is 4.70. The lowest BCUT2D eigenvalue weighted by atomic mass is 9.87. The number of nitrogens with zero attached hydrogens (tertiary/aromatic N) is 4. The summed E-state index contributed by atoms with van der Waals surface area (Å²) in [6.45, 7) is 2.79. The number of anilines is 1. The summed E-state index contributed by atoms with van der Waals surface area (Å²) in [6.07, 6.45) is 13.5.